The number of fused-ring (bicyclic) bond motifs is 1. The molecule has 4 nitrogen and oxygen atoms in total. The highest BCUT2D eigenvalue weighted by atomic mass is 32.2. The lowest BCUT2D eigenvalue weighted by Crippen LogP contribution is -2.12. The summed E-state index contributed by atoms with van der Waals surface area (Å²) in [6.45, 7) is 2.69. The molecule has 140 valence electrons. The molecule has 1 N–H and O–H groups in total. The van der Waals surface area contributed by atoms with E-state index in [0.717, 1.165) is 44.7 Å². The van der Waals surface area contributed by atoms with Crippen LogP contribution in [-0.4, -0.2) is 26.8 Å². The van der Waals surface area contributed by atoms with Crippen molar-refractivity contribution >= 4 is 11.8 Å². The van der Waals surface area contributed by atoms with Gasteiger partial charge in [0.25, 0.3) is 0 Å². The molecule has 4 aliphatic rings. The smallest absolute Gasteiger partial charge is 0.176 e. The SMILES string of the molecule is Cc1cc(-c2cc(SC3CCC3)ccc2OCC2CC2)c2ccnc-2n1O. The van der Waals surface area contributed by atoms with E-state index < -0.39 is 0 Å². The fraction of sp³-hybridized carbons (Fsp3) is 0.409. The van der Waals surface area contributed by atoms with Crippen LogP contribution >= 0.6 is 11.8 Å². The number of hydrogen-bond acceptors (Lipinski definition) is 4. The van der Waals surface area contributed by atoms with Crippen LogP contribution in [0, 0.1) is 12.8 Å². The molecule has 0 atom stereocenters. The Morgan fingerprint density at radius 2 is 1.96 bits per heavy atom. The Kier molecular flexibility index (Phi) is 4.27. The highest BCUT2D eigenvalue weighted by molar-refractivity contribution is 8.00. The Bertz CT molecular complexity index is 944. The zero-order valence-electron chi connectivity index (χ0n) is 15.5. The maximum Gasteiger partial charge on any atom is 0.176 e. The van der Waals surface area contributed by atoms with Gasteiger partial charge in [0.15, 0.2) is 5.82 Å². The summed E-state index contributed by atoms with van der Waals surface area (Å²) >= 11 is 1.97. The number of rotatable bonds is 6. The summed E-state index contributed by atoms with van der Waals surface area (Å²) in [7, 11) is 0. The van der Waals surface area contributed by atoms with E-state index in [1.807, 2.05) is 30.8 Å². The third-order valence-electron chi connectivity index (χ3n) is 5.62. The van der Waals surface area contributed by atoms with Gasteiger partial charge < -0.3 is 9.94 Å². The second-order valence-corrected chi connectivity index (χ2v) is 9.15. The summed E-state index contributed by atoms with van der Waals surface area (Å²) in [5, 5.41) is 11.0. The second-order valence-electron chi connectivity index (χ2n) is 7.78. The van der Waals surface area contributed by atoms with Crippen molar-refractivity contribution in [3.05, 3.63) is 42.2 Å². The first kappa shape index (κ1) is 17.0. The standard InChI is InChI=1S/C22H24N2O2S/c1-14-11-19(18-9-10-23-22(18)24(14)25)20-12-17(27-16-3-2-4-16)7-8-21(20)26-13-15-5-6-15/h7-12,15-16,25H,2-6,13H2,1H3. The third kappa shape index (κ3) is 3.29. The van der Waals surface area contributed by atoms with Crippen LogP contribution in [0.25, 0.3) is 22.5 Å². The minimum absolute atomic E-state index is 0.593. The molecule has 1 aromatic carbocycles. The number of benzene rings is 1. The summed E-state index contributed by atoms with van der Waals surface area (Å²) in [4.78, 5) is 5.63. The normalized spacial score (nSPS) is 17.2. The van der Waals surface area contributed by atoms with Crippen molar-refractivity contribution in [1.82, 2.24) is 9.71 Å². The molecule has 0 radical (unpaired) electrons. The maximum atomic E-state index is 10.3. The second kappa shape index (κ2) is 6.79. The molecule has 0 aromatic heterocycles. The number of pyridine rings is 1. The molecule has 2 heterocycles. The molecule has 5 heteroatoms. The van der Waals surface area contributed by atoms with Gasteiger partial charge in [0.05, 0.1) is 12.3 Å². The van der Waals surface area contributed by atoms with Crippen LogP contribution in [0.2, 0.25) is 0 Å². The lowest BCUT2D eigenvalue weighted by atomic mass is 9.98. The summed E-state index contributed by atoms with van der Waals surface area (Å²) in [5.41, 5.74) is 3.89. The van der Waals surface area contributed by atoms with Gasteiger partial charge in [-0.15, -0.1) is 11.8 Å². The van der Waals surface area contributed by atoms with Crippen LogP contribution < -0.4 is 4.74 Å². The fourth-order valence-corrected chi connectivity index (χ4v) is 4.82. The molecular weight excluding hydrogens is 356 g/mol. The molecule has 1 aromatic rings. The monoisotopic (exact) mass is 380 g/mol. The minimum Gasteiger partial charge on any atom is -0.493 e. The Hall–Kier alpha value is -2.14. The quantitative estimate of drug-likeness (QED) is 0.563. The van der Waals surface area contributed by atoms with Crippen LogP contribution in [-0.2, 0) is 0 Å². The van der Waals surface area contributed by atoms with Gasteiger partial charge in [-0.05, 0) is 74.4 Å². The summed E-state index contributed by atoms with van der Waals surface area (Å²) in [5.74, 6) is 2.23. The van der Waals surface area contributed by atoms with E-state index in [9.17, 15) is 5.21 Å². The van der Waals surface area contributed by atoms with Crippen LogP contribution in [0.15, 0.2) is 41.4 Å². The van der Waals surface area contributed by atoms with Crippen LogP contribution in [0.5, 0.6) is 5.75 Å². The van der Waals surface area contributed by atoms with Crippen LogP contribution in [0.4, 0.5) is 0 Å². The van der Waals surface area contributed by atoms with Gasteiger partial charge in [-0.3, -0.25) is 0 Å². The van der Waals surface area contributed by atoms with Gasteiger partial charge in [0.1, 0.15) is 5.75 Å². The van der Waals surface area contributed by atoms with Crippen molar-refractivity contribution in [3.8, 4) is 28.3 Å². The lowest BCUT2D eigenvalue weighted by Gasteiger charge is -2.25. The molecule has 5 rings (SSSR count). The zero-order chi connectivity index (χ0) is 18.4. The third-order valence-corrected chi connectivity index (χ3v) is 6.96. The van der Waals surface area contributed by atoms with Gasteiger partial charge in [0.2, 0.25) is 0 Å². The Morgan fingerprint density at radius 1 is 1.11 bits per heavy atom. The number of ether oxygens (including phenoxy) is 1. The molecule has 2 aliphatic heterocycles. The van der Waals surface area contributed by atoms with E-state index >= 15 is 0 Å². The molecule has 0 bridgehead atoms. The predicted molar refractivity (Wildman–Crippen MR) is 108 cm³/mol. The first-order valence-electron chi connectivity index (χ1n) is 9.79. The largest absolute Gasteiger partial charge is 0.493 e. The Labute approximate surface area is 163 Å². The van der Waals surface area contributed by atoms with Crippen molar-refractivity contribution in [3.63, 3.8) is 0 Å². The molecular formula is C22H24N2O2S. The van der Waals surface area contributed by atoms with Crippen molar-refractivity contribution in [1.29, 1.82) is 0 Å². The number of aromatic nitrogens is 2. The van der Waals surface area contributed by atoms with Crippen molar-refractivity contribution in [2.24, 2.45) is 5.92 Å². The van der Waals surface area contributed by atoms with Gasteiger partial charge >= 0.3 is 0 Å². The lowest BCUT2D eigenvalue weighted by molar-refractivity contribution is 0.180. The molecule has 2 fully saturated rings. The van der Waals surface area contributed by atoms with Crippen molar-refractivity contribution in [2.75, 3.05) is 6.61 Å². The number of hydrogen-bond donors (Lipinski definition) is 1. The average molecular weight is 381 g/mol. The van der Waals surface area contributed by atoms with Crippen molar-refractivity contribution in [2.45, 2.75) is 49.2 Å². The van der Waals surface area contributed by atoms with E-state index in [2.05, 4.69) is 23.2 Å². The van der Waals surface area contributed by atoms with E-state index in [0.29, 0.717) is 11.7 Å². The number of thioether (sulfide) groups is 1. The van der Waals surface area contributed by atoms with Crippen LogP contribution in [0.1, 0.15) is 37.8 Å². The Morgan fingerprint density at radius 3 is 2.70 bits per heavy atom. The molecule has 2 saturated carbocycles. The predicted octanol–water partition coefficient (Wildman–Crippen LogP) is 5.63. The molecule has 0 spiro atoms. The molecule has 27 heavy (non-hydrogen) atoms. The van der Waals surface area contributed by atoms with Gasteiger partial charge in [-0.25, -0.2) is 4.98 Å². The topological polar surface area (TPSA) is 47.3 Å². The molecule has 0 amide bonds. The summed E-state index contributed by atoms with van der Waals surface area (Å²) in [6, 6.07) is 10.6. The minimum atomic E-state index is 0.593. The highest BCUT2D eigenvalue weighted by Crippen LogP contribution is 2.43. The van der Waals surface area contributed by atoms with E-state index in [1.165, 1.54) is 37.0 Å². The van der Waals surface area contributed by atoms with E-state index in [-0.39, 0.29) is 0 Å². The first-order valence-corrected chi connectivity index (χ1v) is 10.7. The van der Waals surface area contributed by atoms with Gasteiger partial charge in [-0.2, -0.15) is 4.73 Å². The zero-order valence-corrected chi connectivity index (χ0v) is 16.3. The summed E-state index contributed by atoms with van der Waals surface area (Å²) in [6.07, 6.45) is 8.27. The number of aryl methyl sites for hydroxylation is 1. The molecule has 0 saturated heterocycles. The highest BCUT2D eigenvalue weighted by Gasteiger charge is 2.25. The average Bonchev–Trinajstić information content (AvgIpc) is 3.34. The van der Waals surface area contributed by atoms with Gasteiger partial charge in [0, 0.05) is 27.5 Å². The van der Waals surface area contributed by atoms with Gasteiger partial charge in [-0.1, -0.05) is 6.42 Å². The first-order chi connectivity index (χ1) is 13.2. The van der Waals surface area contributed by atoms with E-state index in [4.69, 9.17) is 4.74 Å². The molecule has 2 aliphatic carbocycles. The number of nitrogens with zero attached hydrogens (tertiary/aromatic N) is 2. The van der Waals surface area contributed by atoms with Crippen LogP contribution in [0.3, 0.4) is 0 Å². The Balaban J connectivity index is 1.58. The summed E-state index contributed by atoms with van der Waals surface area (Å²) < 4.78 is 7.38. The molecule has 0 unspecified atom stereocenters. The van der Waals surface area contributed by atoms with E-state index in [1.54, 1.807) is 6.20 Å². The van der Waals surface area contributed by atoms with Crippen molar-refractivity contribution < 1.29 is 9.94 Å². The maximum absolute atomic E-state index is 10.3. The fourth-order valence-electron chi connectivity index (χ4n) is 3.54.